The largest absolute Gasteiger partial charge is 0.367 e. The van der Waals surface area contributed by atoms with E-state index < -0.39 is 0 Å². The minimum absolute atomic E-state index is 0.361. The third kappa shape index (κ3) is 4.14. The van der Waals surface area contributed by atoms with Crippen LogP contribution in [0.2, 0.25) is 5.02 Å². The fourth-order valence-corrected chi connectivity index (χ4v) is 3.54. The smallest absolute Gasteiger partial charge is 0.0642 e. The molecule has 0 radical (unpaired) electrons. The molecule has 0 amide bonds. The van der Waals surface area contributed by atoms with Crippen LogP contribution in [0.5, 0.6) is 0 Å². The van der Waals surface area contributed by atoms with Gasteiger partial charge in [-0.2, -0.15) is 0 Å². The Hall–Kier alpha value is -0.730. The van der Waals surface area contributed by atoms with Gasteiger partial charge in [-0.3, -0.25) is 0 Å². The van der Waals surface area contributed by atoms with Gasteiger partial charge in [0.2, 0.25) is 0 Å². The number of benzene rings is 1. The van der Waals surface area contributed by atoms with Crippen molar-refractivity contribution >= 4 is 17.3 Å². The Balaban J connectivity index is 2.14. The van der Waals surface area contributed by atoms with Gasteiger partial charge in [0.15, 0.2) is 0 Å². The Morgan fingerprint density at radius 2 is 2.14 bits per heavy atom. The number of rotatable bonds is 6. The first-order valence-electron chi connectivity index (χ1n) is 8.46. The number of piperidine rings is 1. The molecule has 1 N–H and O–H groups in total. The first-order valence-corrected chi connectivity index (χ1v) is 8.84. The van der Waals surface area contributed by atoms with E-state index in [2.05, 4.69) is 49.2 Å². The quantitative estimate of drug-likeness (QED) is 0.780. The zero-order chi connectivity index (χ0) is 15.2. The summed E-state index contributed by atoms with van der Waals surface area (Å²) < 4.78 is 0. The van der Waals surface area contributed by atoms with E-state index in [1.54, 1.807) is 0 Å². The zero-order valence-electron chi connectivity index (χ0n) is 13.7. The second kappa shape index (κ2) is 8.05. The normalized spacial score (nSPS) is 20.6. The highest BCUT2D eigenvalue weighted by atomic mass is 35.5. The lowest BCUT2D eigenvalue weighted by molar-refractivity contribution is 0.450. The van der Waals surface area contributed by atoms with Crippen LogP contribution in [0.3, 0.4) is 0 Å². The molecular weight excluding hydrogens is 280 g/mol. The van der Waals surface area contributed by atoms with Crippen molar-refractivity contribution in [2.24, 2.45) is 0 Å². The molecule has 0 aromatic heterocycles. The number of halogens is 1. The molecule has 2 nitrogen and oxygen atoms in total. The highest BCUT2D eigenvalue weighted by Crippen LogP contribution is 2.34. The number of hydrogen-bond acceptors (Lipinski definition) is 2. The third-order valence-corrected chi connectivity index (χ3v) is 4.88. The van der Waals surface area contributed by atoms with Crippen molar-refractivity contribution in [1.29, 1.82) is 0 Å². The Bertz CT molecular complexity index is 447. The molecule has 21 heavy (non-hydrogen) atoms. The molecule has 3 heteroatoms. The van der Waals surface area contributed by atoms with Gasteiger partial charge in [-0.05, 0) is 63.3 Å². The summed E-state index contributed by atoms with van der Waals surface area (Å²) in [5.74, 6) is 0. The first-order chi connectivity index (χ1) is 10.2. The summed E-state index contributed by atoms with van der Waals surface area (Å²) in [7, 11) is 0. The van der Waals surface area contributed by atoms with Crippen LogP contribution in [-0.4, -0.2) is 19.1 Å². The molecule has 118 valence electrons. The molecule has 1 fully saturated rings. The van der Waals surface area contributed by atoms with Gasteiger partial charge in [0.1, 0.15) is 0 Å². The van der Waals surface area contributed by atoms with Crippen molar-refractivity contribution in [1.82, 2.24) is 5.32 Å². The van der Waals surface area contributed by atoms with Gasteiger partial charge in [-0.1, -0.05) is 31.5 Å². The van der Waals surface area contributed by atoms with E-state index in [4.69, 9.17) is 11.6 Å². The minimum Gasteiger partial charge on any atom is -0.367 e. The zero-order valence-corrected chi connectivity index (χ0v) is 14.4. The third-order valence-electron chi connectivity index (χ3n) is 4.58. The summed E-state index contributed by atoms with van der Waals surface area (Å²) in [6, 6.07) is 7.61. The summed E-state index contributed by atoms with van der Waals surface area (Å²) in [5, 5.41) is 4.42. The van der Waals surface area contributed by atoms with Crippen LogP contribution < -0.4 is 10.2 Å². The molecule has 2 atom stereocenters. The summed E-state index contributed by atoms with van der Waals surface area (Å²) in [6.07, 6.45) is 6.28. The molecule has 0 spiro atoms. The van der Waals surface area contributed by atoms with Crippen LogP contribution in [0.25, 0.3) is 0 Å². The molecular formula is C18H29ClN2. The van der Waals surface area contributed by atoms with Crippen molar-refractivity contribution in [2.45, 2.75) is 65.0 Å². The topological polar surface area (TPSA) is 15.3 Å². The van der Waals surface area contributed by atoms with Crippen LogP contribution in [0, 0.1) is 0 Å². The van der Waals surface area contributed by atoms with E-state index in [1.165, 1.54) is 36.9 Å². The van der Waals surface area contributed by atoms with Gasteiger partial charge in [-0.15, -0.1) is 0 Å². The molecule has 0 bridgehead atoms. The van der Waals surface area contributed by atoms with Gasteiger partial charge >= 0.3 is 0 Å². The Kier molecular flexibility index (Phi) is 6.38. The first kappa shape index (κ1) is 16.6. The van der Waals surface area contributed by atoms with E-state index in [9.17, 15) is 0 Å². The lowest BCUT2D eigenvalue weighted by atomic mass is 9.98. The van der Waals surface area contributed by atoms with E-state index in [0.29, 0.717) is 12.1 Å². The fraction of sp³-hybridized carbons (Fsp3) is 0.667. The Labute approximate surface area is 134 Å². The lowest BCUT2D eigenvalue weighted by Crippen LogP contribution is -2.39. The highest BCUT2D eigenvalue weighted by molar-refractivity contribution is 6.33. The van der Waals surface area contributed by atoms with E-state index >= 15 is 0 Å². The average Bonchev–Trinajstić information content (AvgIpc) is 2.52. The molecule has 1 saturated heterocycles. The molecule has 2 unspecified atom stereocenters. The van der Waals surface area contributed by atoms with Gasteiger partial charge in [0.05, 0.1) is 10.7 Å². The highest BCUT2D eigenvalue weighted by Gasteiger charge is 2.23. The molecule has 1 aliphatic heterocycles. The average molecular weight is 309 g/mol. The number of anilines is 1. The van der Waals surface area contributed by atoms with E-state index in [1.807, 2.05) is 0 Å². The second-order valence-corrected chi connectivity index (χ2v) is 6.55. The Morgan fingerprint density at radius 3 is 2.81 bits per heavy atom. The molecule has 1 aromatic rings. The van der Waals surface area contributed by atoms with E-state index in [-0.39, 0.29) is 0 Å². The maximum absolute atomic E-state index is 6.59. The Morgan fingerprint density at radius 1 is 1.33 bits per heavy atom. The molecule has 1 aliphatic rings. The summed E-state index contributed by atoms with van der Waals surface area (Å²) in [5.41, 5.74) is 2.50. The predicted molar refractivity (Wildman–Crippen MR) is 93.4 cm³/mol. The molecule has 2 rings (SSSR count). The maximum atomic E-state index is 6.59. The molecule has 1 aromatic carbocycles. The second-order valence-electron chi connectivity index (χ2n) is 6.14. The molecule has 0 aliphatic carbocycles. The van der Waals surface area contributed by atoms with Gasteiger partial charge < -0.3 is 10.2 Å². The number of nitrogens with zero attached hydrogens (tertiary/aromatic N) is 1. The van der Waals surface area contributed by atoms with Crippen molar-refractivity contribution in [3.8, 4) is 0 Å². The van der Waals surface area contributed by atoms with Crippen molar-refractivity contribution < 1.29 is 0 Å². The van der Waals surface area contributed by atoms with Crippen LogP contribution in [0.4, 0.5) is 5.69 Å². The van der Waals surface area contributed by atoms with Gasteiger partial charge in [0, 0.05) is 18.6 Å². The number of hydrogen-bond donors (Lipinski definition) is 1. The predicted octanol–water partition coefficient (Wildman–Crippen LogP) is 5.17. The van der Waals surface area contributed by atoms with Crippen LogP contribution in [-0.2, 0) is 0 Å². The molecule has 0 saturated carbocycles. The van der Waals surface area contributed by atoms with Gasteiger partial charge in [0.25, 0.3) is 0 Å². The van der Waals surface area contributed by atoms with E-state index in [0.717, 1.165) is 24.5 Å². The summed E-state index contributed by atoms with van der Waals surface area (Å²) in [4.78, 5) is 2.51. The molecule has 1 heterocycles. The van der Waals surface area contributed by atoms with Crippen LogP contribution in [0.15, 0.2) is 18.2 Å². The van der Waals surface area contributed by atoms with Gasteiger partial charge in [-0.25, -0.2) is 0 Å². The lowest BCUT2D eigenvalue weighted by Gasteiger charge is -2.37. The SMILES string of the molecule is CCCNC(C)c1ccc(N2CCCCC2CC)c(Cl)c1. The van der Waals surface area contributed by atoms with Crippen molar-refractivity contribution in [3.05, 3.63) is 28.8 Å². The standard InChI is InChI=1S/C18H29ClN2/c1-4-11-20-14(3)15-9-10-18(17(19)13-15)21-12-7-6-8-16(21)5-2/h9-10,13-14,16,20H,4-8,11-12H2,1-3H3. The number of nitrogens with one attached hydrogen (secondary N) is 1. The summed E-state index contributed by atoms with van der Waals surface area (Å²) in [6.45, 7) is 8.86. The minimum atomic E-state index is 0.361. The van der Waals surface area contributed by atoms with Crippen molar-refractivity contribution in [2.75, 3.05) is 18.0 Å². The fourth-order valence-electron chi connectivity index (χ4n) is 3.25. The summed E-state index contributed by atoms with van der Waals surface area (Å²) >= 11 is 6.59. The monoisotopic (exact) mass is 308 g/mol. The maximum Gasteiger partial charge on any atom is 0.0642 e. The van der Waals surface area contributed by atoms with Crippen LogP contribution in [0.1, 0.15) is 64.5 Å². The van der Waals surface area contributed by atoms with Crippen LogP contribution >= 0.6 is 11.6 Å². The van der Waals surface area contributed by atoms with Crippen molar-refractivity contribution in [3.63, 3.8) is 0 Å².